The second kappa shape index (κ2) is 3.95. The van der Waals surface area contributed by atoms with Crippen molar-refractivity contribution in [3.05, 3.63) is 12.7 Å². The number of hydrogen-bond acceptors (Lipinski definition) is 8. The van der Waals surface area contributed by atoms with Crippen LogP contribution in [0.25, 0.3) is 11.2 Å². The van der Waals surface area contributed by atoms with E-state index in [-0.39, 0.29) is 17.0 Å². The van der Waals surface area contributed by atoms with E-state index in [2.05, 4.69) is 15.0 Å². The second-order valence-corrected chi connectivity index (χ2v) is 5.66. The van der Waals surface area contributed by atoms with Crippen LogP contribution in [0.1, 0.15) is 6.23 Å². The molecule has 1 saturated heterocycles. The van der Waals surface area contributed by atoms with Gasteiger partial charge in [0.15, 0.2) is 28.9 Å². The molecule has 23 heavy (non-hydrogen) atoms. The smallest absolute Gasteiger partial charge is 0.205 e. The molecule has 1 saturated carbocycles. The molecule has 0 aromatic carbocycles. The summed E-state index contributed by atoms with van der Waals surface area (Å²) in [5, 5.41) is 31.1. The molecule has 0 bridgehead atoms. The molecule has 3 heterocycles. The van der Waals surface area contributed by atoms with Crippen molar-refractivity contribution in [3.63, 3.8) is 0 Å². The number of aliphatic hydroxyl groups is 3. The fourth-order valence-corrected chi connectivity index (χ4v) is 3.32. The minimum absolute atomic E-state index is 0.0973. The van der Waals surface area contributed by atoms with Crippen LogP contribution in [0.4, 0.5) is 10.2 Å². The van der Waals surface area contributed by atoms with Gasteiger partial charge in [-0.1, -0.05) is 5.92 Å². The molecule has 120 valence electrons. The zero-order valence-electron chi connectivity index (χ0n) is 11.6. The van der Waals surface area contributed by atoms with E-state index in [1.807, 2.05) is 5.92 Å². The van der Waals surface area contributed by atoms with Crippen molar-refractivity contribution in [2.75, 3.05) is 12.4 Å². The van der Waals surface area contributed by atoms with Gasteiger partial charge in [0.05, 0.1) is 6.33 Å². The zero-order valence-corrected chi connectivity index (χ0v) is 11.6. The first-order valence-corrected chi connectivity index (χ1v) is 6.64. The predicted molar refractivity (Wildman–Crippen MR) is 73.3 cm³/mol. The van der Waals surface area contributed by atoms with Crippen LogP contribution in [0.15, 0.2) is 12.7 Å². The molecular formula is C13H12FN5O4. The summed E-state index contributed by atoms with van der Waals surface area (Å²) in [4.78, 5) is 11.8. The number of ether oxygens (including phenoxy) is 1. The SMILES string of the molecule is C#C[C@]1(O)[C@H](n2cnc3c(N)ncnc32)O[C@]2(CF)C(O)[C@]21O. The van der Waals surface area contributed by atoms with Crippen molar-refractivity contribution in [2.24, 2.45) is 0 Å². The Hall–Kier alpha value is -2.32. The molecule has 4 rings (SSSR count). The molecule has 2 aliphatic rings. The first-order chi connectivity index (χ1) is 10.9. The Bertz CT molecular complexity index is 868. The lowest BCUT2D eigenvalue weighted by molar-refractivity contribution is -0.146. The van der Waals surface area contributed by atoms with Crippen LogP contribution >= 0.6 is 0 Å². The zero-order chi connectivity index (χ0) is 16.6. The van der Waals surface area contributed by atoms with Gasteiger partial charge in [-0.3, -0.25) is 4.57 Å². The van der Waals surface area contributed by atoms with Crippen LogP contribution in [-0.4, -0.2) is 64.4 Å². The summed E-state index contributed by atoms with van der Waals surface area (Å²) in [7, 11) is 0. The quantitative estimate of drug-likeness (QED) is 0.471. The van der Waals surface area contributed by atoms with Gasteiger partial charge in [0.2, 0.25) is 5.60 Å². The van der Waals surface area contributed by atoms with Crippen molar-refractivity contribution in [1.29, 1.82) is 0 Å². The van der Waals surface area contributed by atoms with Crippen LogP contribution in [0.3, 0.4) is 0 Å². The third kappa shape index (κ3) is 1.27. The Labute approximate surface area is 128 Å². The molecule has 0 spiro atoms. The summed E-state index contributed by atoms with van der Waals surface area (Å²) in [5.41, 5.74) is -0.602. The highest BCUT2D eigenvalue weighted by Crippen LogP contribution is 2.67. The summed E-state index contributed by atoms with van der Waals surface area (Å²) in [6.07, 6.45) is 4.71. The Morgan fingerprint density at radius 1 is 1.43 bits per heavy atom. The van der Waals surface area contributed by atoms with Crippen molar-refractivity contribution < 1.29 is 24.4 Å². The number of aliphatic hydroxyl groups excluding tert-OH is 1. The Balaban J connectivity index is 1.90. The van der Waals surface area contributed by atoms with Crippen LogP contribution in [0, 0.1) is 12.3 Å². The first kappa shape index (κ1) is 14.3. The third-order valence-corrected chi connectivity index (χ3v) is 4.72. The molecular weight excluding hydrogens is 309 g/mol. The standard InChI is InChI=1S/C13H12FN5O4/c1-2-11(21)10(23-12(3-14)9(20)13(11,12)22)19-5-18-6-7(15)16-4-17-8(6)19/h1,4-5,9-10,20-22H,3H2,(H2,15,16,17)/t9?,10-,11+,12-,13-/m1/s1. The van der Waals surface area contributed by atoms with Crippen LogP contribution in [-0.2, 0) is 4.74 Å². The number of fused-ring (bicyclic) bond motifs is 2. The number of terminal acetylenes is 1. The van der Waals surface area contributed by atoms with E-state index in [9.17, 15) is 19.7 Å². The Morgan fingerprint density at radius 2 is 2.17 bits per heavy atom. The number of nitrogens with two attached hydrogens (primary N) is 1. The lowest BCUT2D eigenvalue weighted by Crippen LogP contribution is -2.50. The Kier molecular flexibility index (Phi) is 2.45. The average molecular weight is 321 g/mol. The van der Waals surface area contributed by atoms with Gasteiger partial charge in [0.1, 0.15) is 24.6 Å². The van der Waals surface area contributed by atoms with E-state index in [0.717, 1.165) is 0 Å². The molecule has 9 nitrogen and oxygen atoms in total. The van der Waals surface area contributed by atoms with Crippen LogP contribution < -0.4 is 5.73 Å². The van der Waals surface area contributed by atoms with Crippen molar-refractivity contribution in [2.45, 2.75) is 29.1 Å². The molecule has 1 aliphatic carbocycles. The summed E-state index contributed by atoms with van der Waals surface area (Å²) in [5.74, 6) is 2.11. The maximum atomic E-state index is 13.4. The van der Waals surface area contributed by atoms with Gasteiger partial charge < -0.3 is 25.8 Å². The molecule has 10 heteroatoms. The lowest BCUT2D eigenvalue weighted by atomic mass is 9.92. The van der Waals surface area contributed by atoms with Crippen molar-refractivity contribution in [3.8, 4) is 12.3 Å². The molecule has 2 aromatic rings. The maximum Gasteiger partial charge on any atom is 0.205 e. The molecule has 0 amide bonds. The highest BCUT2D eigenvalue weighted by Gasteiger charge is 2.93. The number of rotatable bonds is 2. The molecule has 1 unspecified atom stereocenters. The topological polar surface area (TPSA) is 140 Å². The third-order valence-electron chi connectivity index (χ3n) is 4.72. The van der Waals surface area contributed by atoms with Crippen molar-refractivity contribution >= 4 is 17.0 Å². The average Bonchev–Trinajstić information content (AvgIpc) is 2.86. The predicted octanol–water partition coefficient (Wildman–Crippen LogP) is -1.88. The molecule has 0 radical (unpaired) electrons. The Morgan fingerprint density at radius 3 is 2.83 bits per heavy atom. The van der Waals surface area contributed by atoms with Gasteiger partial charge in [-0.2, -0.15) is 0 Å². The fourth-order valence-electron chi connectivity index (χ4n) is 3.32. The number of anilines is 1. The molecule has 5 atom stereocenters. The number of nitrogens with zero attached hydrogens (tertiary/aromatic N) is 4. The van der Waals surface area contributed by atoms with Gasteiger partial charge in [-0.15, -0.1) is 6.42 Å². The van der Waals surface area contributed by atoms with E-state index in [0.29, 0.717) is 0 Å². The molecule has 2 fully saturated rings. The van der Waals surface area contributed by atoms with E-state index in [1.54, 1.807) is 0 Å². The fraction of sp³-hybridized carbons (Fsp3) is 0.462. The molecule has 5 N–H and O–H groups in total. The van der Waals surface area contributed by atoms with Crippen molar-refractivity contribution in [1.82, 2.24) is 19.5 Å². The largest absolute Gasteiger partial charge is 0.387 e. The van der Waals surface area contributed by atoms with Gasteiger partial charge in [-0.25, -0.2) is 19.3 Å². The minimum Gasteiger partial charge on any atom is -0.387 e. The van der Waals surface area contributed by atoms with Crippen LogP contribution in [0.5, 0.6) is 0 Å². The number of hydrogen-bond donors (Lipinski definition) is 4. The van der Waals surface area contributed by atoms with Crippen LogP contribution in [0.2, 0.25) is 0 Å². The van der Waals surface area contributed by atoms with Gasteiger partial charge in [-0.05, 0) is 0 Å². The first-order valence-electron chi connectivity index (χ1n) is 6.64. The summed E-state index contributed by atoms with van der Waals surface area (Å²) < 4.78 is 20.1. The number of imidazole rings is 1. The van der Waals surface area contributed by atoms with Gasteiger partial charge in [0, 0.05) is 0 Å². The molecule has 1 aliphatic heterocycles. The second-order valence-electron chi connectivity index (χ2n) is 5.66. The molecule has 2 aromatic heterocycles. The lowest BCUT2D eigenvalue weighted by Gasteiger charge is -2.30. The number of nitrogen functional groups attached to an aromatic ring is 1. The monoisotopic (exact) mass is 321 g/mol. The highest BCUT2D eigenvalue weighted by molar-refractivity contribution is 5.81. The number of alkyl halides is 1. The summed E-state index contributed by atoms with van der Waals surface area (Å²) in [6, 6.07) is 0. The van der Waals surface area contributed by atoms with E-state index >= 15 is 0 Å². The summed E-state index contributed by atoms with van der Waals surface area (Å²) in [6.45, 7) is -1.23. The normalized spacial score (nSPS) is 41.7. The van der Waals surface area contributed by atoms with E-state index < -0.39 is 35.8 Å². The maximum absolute atomic E-state index is 13.4. The highest BCUT2D eigenvalue weighted by atomic mass is 19.1. The number of aromatic nitrogens is 4. The van der Waals surface area contributed by atoms with Gasteiger partial charge in [0.25, 0.3) is 0 Å². The summed E-state index contributed by atoms with van der Waals surface area (Å²) >= 11 is 0. The van der Waals surface area contributed by atoms with E-state index in [1.165, 1.54) is 17.2 Å². The van der Waals surface area contributed by atoms with E-state index in [4.69, 9.17) is 16.9 Å². The number of halogens is 1. The minimum atomic E-state index is -2.38. The van der Waals surface area contributed by atoms with Gasteiger partial charge >= 0.3 is 0 Å².